The summed E-state index contributed by atoms with van der Waals surface area (Å²) in [5.41, 5.74) is -0.209. The smallest absolute Gasteiger partial charge is 0.337 e. The summed E-state index contributed by atoms with van der Waals surface area (Å²) < 4.78 is 13.5. The zero-order valence-electron chi connectivity index (χ0n) is 10.5. The molecule has 0 aromatic heterocycles. The Hall–Kier alpha value is -1.62. The standard InChI is InChI=1S/C13H18FNO3/c1-8(2)6-9(16)7-15-12-10(13(17)18)4-3-5-11(12)14/h3-5,8-9,15-16H,6-7H2,1-2H3,(H,17,18). The van der Waals surface area contributed by atoms with Crippen LogP contribution in [0.5, 0.6) is 0 Å². The lowest BCUT2D eigenvalue weighted by Gasteiger charge is -2.16. The maximum Gasteiger partial charge on any atom is 0.337 e. The van der Waals surface area contributed by atoms with Crippen LogP contribution in [0.2, 0.25) is 0 Å². The van der Waals surface area contributed by atoms with E-state index in [1.807, 2.05) is 13.8 Å². The molecule has 1 unspecified atom stereocenters. The number of carboxylic acid groups (broad SMARTS) is 1. The minimum Gasteiger partial charge on any atom is -0.478 e. The van der Waals surface area contributed by atoms with Crippen LogP contribution in [0.4, 0.5) is 10.1 Å². The van der Waals surface area contributed by atoms with Crippen molar-refractivity contribution in [2.75, 3.05) is 11.9 Å². The van der Waals surface area contributed by atoms with Gasteiger partial charge in [-0.3, -0.25) is 0 Å². The zero-order chi connectivity index (χ0) is 13.7. The van der Waals surface area contributed by atoms with Crippen molar-refractivity contribution in [1.82, 2.24) is 0 Å². The van der Waals surface area contributed by atoms with Gasteiger partial charge in [0.05, 0.1) is 17.4 Å². The van der Waals surface area contributed by atoms with Crippen LogP contribution in [-0.2, 0) is 0 Å². The molecular weight excluding hydrogens is 237 g/mol. The number of aliphatic hydroxyl groups excluding tert-OH is 1. The molecule has 0 amide bonds. The highest BCUT2D eigenvalue weighted by molar-refractivity contribution is 5.94. The second-order valence-corrected chi connectivity index (χ2v) is 4.63. The predicted octanol–water partition coefficient (Wildman–Crippen LogP) is 2.34. The van der Waals surface area contributed by atoms with Crippen LogP contribution in [0.1, 0.15) is 30.6 Å². The van der Waals surface area contributed by atoms with E-state index >= 15 is 0 Å². The number of nitrogens with one attached hydrogen (secondary N) is 1. The highest BCUT2D eigenvalue weighted by Gasteiger charge is 2.15. The van der Waals surface area contributed by atoms with E-state index < -0.39 is 17.9 Å². The summed E-state index contributed by atoms with van der Waals surface area (Å²) in [5.74, 6) is -1.51. The second-order valence-electron chi connectivity index (χ2n) is 4.63. The van der Waals surface area contributed by atoms with E-state index in [9.17, 15) is 14.3 Å². The van der Waals surface area contributed by atoms with E-state index in [0.717, 1.165) is 0 Å². The van der Waals surface area contributed by atoms with Gasteiger partial charge in [0.25, 0.3) is 0 Å². The third kappa shape index (κ3) is 4.00. The number of aliphatic hydroxyl groups is 1. The summed E-state index contributed by atoms with van der Waals surface area (Å²) in [7, 11) is 0. The highest BCUT2D eigenvalue weighted by atomic mass is 19.1. The fourth-order valence-electron chi connectivity index (χ4n) is 1.73. The van der Waals surface area contributed by atoms with Crippen molar-refractivity contribution in [3.63, 3.8) is 0 Å². The van der Waals surface area contributed by atoms with E-state index in [-0.39, 0.29) is 17.8 Å². The number of hydrogen-bond donors (Lipinski definition) is 3. The third-order valence-electron chi connectivity index (χ3n) is 2.50. The molecule has 0 spiro atoms. The molecule has 1 aromatic rings. The molecule has 0 saturated carbocycles. The lowest BCUT2D eigenvalue weighted by molar-refractivity contribution is 0.0697. The molecule has 0 heterocycles. The Morgan fingerprint density at radius 1 is 1.44 bits per heavy atom. The molecule has 0 aliphatic heterocycles. The Labute approximate surface area is 105 Å². The van der Waals surface area contributed by atoms with Gasteiger partial charge in [-0.05, 0) is 24.5 Å². The quantitative estimate of drug-likeness (QED) is 0.729. The van der Waals surface area contributed by atoms with Crippen LogP contribution in [-0.4, -0.2) is 28.8 Å². The number of anilines is 1. The Morgan fingerprint density at radius 2 is 2.11 bits per heavy atom. The predicted molar refractivity (Wildman–Crippen MR) is 67.3 cm³/mol. The van der Waals surface area contributed by atoms with E-state index in [2.05, 4.69) is 5.32 Å². The van der Waals surface area contributed by atoms with Gasteiger partial charge in [0.1, 0.15) is 5.82 Å². The molecule has 1 atom stereocenters. The average molecular weight is 255 g/mol. The molecule has 0 bridgehead atoms. The van der Waals surface area contributed by atoms with Crippen LogP contribution in [0.25, 0.3) is 0 Å². The molecule has 1 aromatic carbocycles. The van der Waals surface area contributed by atoms with E-state index in [1.165, 1.54) is 18.2 Å². The molecule has 0 aliphatic rings. The Balaban J connectivity index is 2.75. The molecule has 5 heteroatoms. The van der Waals surface area contributed by atoms with Gasteiger partial charge in [-0.1, -0.05) is 19.9 Å². The minimum absolute atomic E-state index is 0.0761. The first kappa shape index (κ1) is 14.4. The van der Waals surface area contributed by atoms with Gasteiger partial charge in [-0.25, -0.2) is 9.18 Å². The van der Waals surface area contributed by atoms with Gasteiger partial charge >= 0.3 is 5.97 Å². The summed E-state index contributed by atoms with van der Waals surface area (Å²) in [6.07, 6.45) is -0.0598. The fraction of sp³-hybridized carbons (Fsp3) is 0.462. The first-order chi connectivity index (χ1) is 8.41. The van der Waals surface area contributed by atoms with Crippen LogP contribution >= 0.6 is 0 Å². The molecule has 3 N–H and O–H groups in total. The van der Waals surface area contributed by atoms with Crippen LogP contribution in [0.15, 0.2) is 18.2 Å². The van der Waals surface area contributed by atoms with Crippen LogP contribution in [0.3, 0.4) is 0 Å². The lowest BCUT2D eigenvalue weighted by Crippen LogP contribution is -2.22. The molecule has 0 radical (unpaired) electrons. The topological polar surface area (TPSA) is 69.6 Å². The molecule has 100 valence electrons. The summed E-state index contributed by atoms with van der Waals surface area (Å²) in [5, 5.41) is 21.3. The van der Waals surface area contributed by atoms with Gasteiger partial charge in [0.15, 0.2) is 0 Å². The Morgan fingerprint density at radius 3 is 2.67 bits per heavy atom. The lowest BCUT2D eigenvalue weighted by atomic mass is 10.1. The van der Waals surface area contributed by atoms with Crippen LogP contribution in [0, 0.1) is 11.7 Å². The van der Waals surface area contributed by atoms with Crippen LogP contribution < -0.4 is 5.32 Å². The van der Waals surface area contributed by atoms with Gasteiger partial charge in [-0.2, -0.15) is 0 Å². The maximum absolute atomic E-state index is 13.5. The number of rotatable bonds is 6. The highest BCUT2D eigenvalue weighted by Crippen LogP contribution is 2.20. The molecule has 0 aliphatic carbocycles. The second kappa shape index (κ2) is 6.35. The minimum atomic E-state index is -1.20. The SMILES string of the molecule is CC(C)CC(O)CNc1c(F)cccc1C(=O)O. The van der Waals surface area contributed by atoms with Crippen molar-refractivity contribution in [2.45, 2.75) is 26.4 Å². The molecule has 0 fully saturated rings. The molecule has 18 heavy (non-hydrogen) atoms. The largest absolute Gasteiger partial charge is 0.478 e. The number of carboxylic acids is 1. The fourth-order valence-corrected chi connectivity index (χ4v) is 1.73. The van der Waals surface area contributed by atoms with Crippen molar-refractivity contribution in [3.8, 4) is 0 Å². The monoisotopic (exact) mass is 255 g/mol. The number of carbonyl (C=O) groups is 1. The van der Waals surface area contributed by atoms with Gasteiger partial charge in [0.2, 0.25) is 0 Å². The zero-order valence-corrected chi connectivity index (χ0v) is 10.5. The summed E-state index contributed by atoms with van der Waals surface area (Å²) in [6, 6.07) is 3.85. The summed E-state index contributed by atoms with van der Waals surface area (Å²) >= 11 is 0. The molecule has 0 saturated heterocycles. The normalized spacial score (nSPS) is 12.5. The number of para-hydroxylation sites is 1. The first-order valence-electron chi connectivity index (χ1n) is 5.85. The molecule has 1 rings (SSSR count). The van der Waals surface area contributed by atoms with E-state index in [4.69, 9.17) is 5.11 Å². The van der Waals surface area contributed by atoms with Crippen molar-refractivity contribution in [2.24, 2.45) is 5.92 Å². The average Bonchev–Trinajstić information content (AvgIpc) is 2.25. The molecule has 4 nitrogen and oxygen atoms in total. The molecular formula is C13H18FNO3. The van der Waals surface area contributed by atoms with E-state index in [0.29, 0.717) is 12.3 Å². The summed E-state index contributed by atoms with van der Waals surface area (Å²) in [4.78, 5) is 10.9. The van der Waals surface area contributed by atoms with Gasteiger partial charge in [0, 0.05) is 6.54 Å². The van der Waals surface area contributed by atoms with E-state index in [1.54, 1.807) is 0 Å². The van der Waals surface area contributed by atoms with Crippen molar-refractivity contribution in [1.29, 1.82) is 0 Å². The number of hydrogen-bond acceptors (Lipinski definition) is 3. The summed E-state index contributed by atoms with van der Waals surface area (Å²) in [6.45, 7) is 4.06. The van der Waals surface area contributed by atoms with Gasteiger partial charge in [-0.15, -0.1) is 0 Å². The van der Waals surface area contributed by atoms with Crippen molar-refractivity contribution >= 4 is 11.7 Å². The van der Waals surface area contributed by atoms with Crippen molar-refractivity contribution in [3.05, 3.63) is 29.6 Å². The third-order valence-corrected chi connectivity index (χ3v) is 2.50. The Kier molecular flexibility index (Phi) is 5.09. The van der Waals surface area contributed by atoms with Crippen molar-refractivity contribution < 1.29 is 19.4 Å². The number of benzene rings is 1. The Bertz CT molecular complexity index is 421. The number of halogens is 1. The number of aromatic carboxylic acids is 1. The maximum atomic E-state index is 13.5. The first-order valence-corrected chi connectivity index (χ1v) is 5.85. The van der Waals surface area contributed by atoms with Gasteiger partial charge < -0.3 is 15.5 Å².